The molecule has 0 aliphatic heterocycles. The summed E-state index contributed by atoms with van der Waals surface area (Å²) in [5.41, 5.74) is 0. The van der Waals surface area contributed by atoms with Crippen LogP contribution in [0.2, 0.25) is 0 Å². The van der Waals surface area contributed by atoms with Gasteiger partial charge in [-0.25, -0.2) is 0 Å². The molecule has 3 heteroatoms. The molecule has 0 saturated heterocycles. The van der Waals surface area contributed by atoms with E-state index in [0.29, 0.717) is 13.2 Å². The molecule has 2 nitrogen and oxygen atoms in total. The van der Waals surface area contributed by atoms with E-state index in [1.165, 1.54) is 0 Å². The summed E-state index contributed by atoms with van der Waals surface area (Å²) in [5.74, 6) is 0. The predicted octanol–water partition coefficient (Wildman–Crippen LogP) is 0.501. The Morgan fingerprint density at radius 3 is 2.57 bits per heavy atom. The molecule has 7 heavy (non-hydrogen) atoms. The molecule has 0 aromatic carbocycles. The van der Waals surface area contributed by atoms with Crippen molar-refractivity contribution in [3.8, 4) is 0 Å². The van der Waals surface area contributed by atoms with Crippen LogP contribution < -0.4 is 0 Å². The van der Waals surface area contributed by atoms with Gasteiger partial charge in [0.25, 0.3) is 0 Å². The molecular formula is C4H9O2Ti. The van der Waals surface area contributed by atoms with Crippen LogP contribution in [-0.2, 0) is 28.9 Å². The third kappa shape index (κ3) is 6.63. The molecule has 0 N–H and O–H groups in total. The Hall–Kier alpha value is 0.634. The van der Waals surface area contributed by atoms with Gasteiger partial charge in [-0.2, -0.15) is 0 Å². The third-order valence-electron chi connectivity index (χ3n) is 0.534. The van der Waals surface area contributed by atoms with Crippen molar-refractivity contribution in [1.29, 1.82) is 0 Å². The molecule has 0 bridgehead atoms. The van der Waals surface area contributed by atoms with E-state index < -0.39 is 0 Å². The van der Waals surface area contributed by atoms with Gasteiger partial charge in [0.15, 0.2) is 0 Å². The maximum atomic E-state index is 4.95. The number of rotatable bonds is 4. The molecule has 0 radical (unpaired) electrons. The summed E-state index contributed by atoms with van der Waals surface area (Å²) in [6, 6.07) is 0. The van der Waals surface area contributed by atoms with Crippen LogP contribution in [0.15, 0.2) is 0 Å². The Balaban J connectivity index is 2.45. The molecule has 0 aromatic rings. The van der Waals surface area contributed by atoms with E-state index in [4.69, 9.17) is 8.06 Å². The van der Waals surface area contributed by atoms with Crippen molar-refractivity contribution < 1.29 is 28.9 Å². The summed E-state index contributed by atoms with van der Waals surface area (Å²) in [6.07, 6.45) is 0. The summed E-state index contributed by atoms with van der Waals surface area (Å²) < 4.78 is 9.67. The second kappa shape index (κ2) is 6.63. The predicted molar refractivity (Wildman–Crippen MR) is 22.4 cm³/mol. The molecule has 41 valence electrons. The quantitative estimate of drug-likeness (QED) is 0.415. The van der Waals surface area contributed by atoms with E-state index in [1.54, 1.807) is 20.8 Å². The van der Waals surface area contributed by atoms with Gasteiger partial charge in [0, 0.05) is 0 Å². The van der Waals surface area contributed by atoms with E-state index in [2.05, 4.69) is 0 Å². The zero-order valence-corrected chi connectivity index (χ0v) is 6.00. The molecule has 0 fully saturated rings. The number of ether oxygens (including phenoxy) is 1. The zero-order valence-electron chi connectivity index (χ0n) is 4.44. The first-order valence-electron chi connectivity index (χ1n) is 2.28. The standard InChI is InChI=1S/C4H9O2.Ti/c1-2-6-4-3-5;/h2-4H2,1H3;/q-1;+1. The van der Waals surface area contributed by atoms with Crippen LogP contribution >= 0.6 is 0 Å². The summed E-state index contributed by atoms with van der Waals surface area (Å²) in [5, 5.41) is 0. The van der Waals surface area contributed by atoms with Crippen molar-refractivity contribution in [1.82, 2.24) is 0 Å². The molecule has 0 saturated carbocycles. The first kappa shape index (κ1) is 7.63. The van der Waals surface area contributed by atoms with Crippen molar-refractivity contribution in [2.75, 3.05) is 19.8 Å². The van der Waals surface area contributed by atoms with E-state index in [0.717, 1.165) is 6.61 Å². The topological polar surface area (TPSA) is 18.5 Å². The average molecular weight is 137 g/mol. The van der Waals surface area contributed by atoms with Gasteiger partial charge in [-0.3, -0.25) is 0 Å². The molecule has 0 heterocycles. The van der Waals surface area contributed by atoms with Crippen LogP contribution in [0.5, 0.6) is 0 Å². The van der Waals surface area contributed by atoms with Crippen molar-refractivity contribution in [3.63, 3.8) is 0 Å². The van der Waals surface area contributed by atoms with Gasteiger partial charge < -0.3 is 0 Å². The van der Waals surface area contributed by atoms with Crippen LogP contribution in [0.4, 0.5) is 0 Å². The molecule has 0 aliphatic rings. The zero-order chi connectivity index (χ0) is 5.54. The Morgan fingerprint density at radius 2 is 2.14 bits per heavy atom. The van der Waals surface area contributed by atoms with Gasteiger partial charge in [-0.15, -0.1) is 0 Å². The molecule has 0 aliphatic carbocycles. The third-order valence-corrected chi connectivity index (χ3v) is 0.853. The Kier molecular flexibility index (Phi) is 7.24. The second-order valence-electron chi connectivity index (χ2n) is 1.05. The average Bonchev–Trinajstić information content (AvgIpc) is 1.69. The summed E-state index contributed by atoms with van der Waals surface area (Å²) in [4.78, 5) is 0. The first-order chi connectivity index (χ1) is 3.41. The van der Waals surface area contributed by atoms with Gasteiger partial charge in [0.05, 0.1) is 0 Å². The molecule has 0 aromatic heterocycles. The number of hydrogen-bond acceptors (Lipinski definition) is 2. The monoisotopic (exact) mass is 137 g/mol. The van der Waals surface area contributed by atoms with Crippen LogP contribution in [0.3, 0.4) is 0 Å². The summed E-state index contributed by atoms with van der Waals surface area (Å²) >= 11 is 1.67. The Bertz CT molecular complexity index is 28.9. The maximum absolute atomic E-state index is 4.95. The molecular weight excluding hydrogens is 128 g/mol. The van der Waals surface area contributed by atoms with E-state index in [1.807, 2.05) is 6.92 Å². The first-order valence-corrected chi connectivity index (χ1v) is 2.91. The molecule has 0 rings (SSSR count). The Labute approximate surface area is 56.1 Å². The van der Waals surface area contributed by atoms with Gasteiger partial charge >= 0.3 is 55.6 Å². The van der Waals surface area contributed by atoms with Crippen LogP contribution in [-0.4, -0.2) is 19.8 Å². The van der Waals surface area contributed by atoms with E-state index in [-0.39, 0.29) is 0 Å². The van der Waals surface area contributed by atoms with E-state index in [9.17, 15) is 0 Å². The van der Waals surface area contributed by atoms with Crippen molar-refractivity contribution in [3.05, 3.63) is 0 Å². The molecule has 0 atom stereocenters. The summed E-state index contributed by atoms with van der Waals surface area (Å²) in [6.45, 7) is 4.17. The minimum absolute atomic E-state index is 0.702. The fourth-order valence-electron chi connectivity index (χ4n) is 0.245. The van der Waals surface area contributed by atoms with Gasteiger partial charge in [0.2, 0.25) is 0 Å². The van der Waals surface area contributed by atoms with Crippen molar-refractivity contribution in [2.45, 2.75) is 6.92 Å². The SMILES string of the molecule is CCOCC[O][Ti]. The minimum atomic E-state index is 0.702. The molecule has 0 amide bonds. The fraction of sp³-hybridized carbons (Fsp3) is 1.00. The van der Waals surface area contributed by atoms with E-state index >= 15 is 0 Å². The summed E-state index contributed by atoms with van der Waals surface area (Å²) in [7, 11) is 0. The second-order valence-corrected chi connectivity index (χ2v) is 1.50. The fourth-order valence-corrected chi connectivity index (χ4v) is 0.375. The van der Waals surface area contributed by atoms with Gasteiger partial charge in [0.1, 0.15) is 0 Å². The van der Waals surface area contributed by atoms with Crippen LogP contribution in [0.1, 0.15) is 6.92 Å². The van der Waals surface area contributed by atoms with Gasteiger partial charge in [-0.1, -0.05) is 0 Å². The van der Waals surface area contributed by atoms with Crippen LogP contribution in [0, 0.1) is 0 Å². The molecule has 0 spiro atoms. The van der Waals surface area contributed by atoms with Crippen molar-refractivity contribution >= 4 is 0 Å². The normalized spacial score (nSPS) is 9.14. The van der Waals surface area contributed by atoms with Gasteiger partial charge in [-0.05, 0) is 0 Å². The Morgan fingerprint density at radius 1 is 1.43 bits per heavy atom. The van der Waals surface area contributed by atoms with Crippen molar-refractivity contribution in [2.24, 2.45) is 0 Å². The molecule has 0 unspecified atom stereocenters. The van der Waals surface area contributed by atoms with Crippen LogP contribution in [0.25, 0.3) is 0 Å². The number of hydrogen-bond donors (Lipinski definition) is 0.